The maximum absolute atomic E-state index is 11.7. The molecule has 0 atom stereocenters. The second kappa shape index (κ2) is 7.03. The second-order valence-electron chi connectivity index (χ2n) is 4.88. The van der Waals surface area contributed by atoms with Gasteiger partial charge in [0.1, 0.15) is 21.4 Å². The third-order valence-corrected chi connectivity index (χ3v) is 2.93. The molecule has 1 rings (SSSR count). The highest BCUT2D eigenvalue weighted by molar-refractivity contribution is 9.11. The quantitative estimate of drug-likeness (QED) is 0.753. The van der Waals surface area contributed by atoms with Crippen molar-refractivity contribution in [1.82, 2.24) is 10.3 Å². The summed E-state index contributed by atoms with van der Waals surface area (Å²) in [6.07, 6.45) is -0.638. The molecular weight excluding hydrogens is 394 g/mol. The molecule has 110 valence electrons. The third kappa shape index (κ3) is 6.33. The van der Waals surface area contributed by atoms with E-state index in [0.717, 1.165) is 0 Å². The summed E-state index contributed by atoms with van der Waals surface area (Å²) in [6, 6.07) is 3.38. The molecule has 2 N–H and O–H groups in total. The number of alkyl carbamates (subject to hydrolysis) is 1. The van der Waals surface area contributed by atoms with Gasteiger partial charge in [-0.15, -0.1) is 0 Å². The van der Waals surface area contributed by atoms with Crippen LogP contribution in [0, 0.1) is 0 Å². The first kappa shape index (κ1) is 16.9. The number of nitrogens with one attached hydrogen (secondary N) is 2. The Hall–Kier alpha value is -1.15. The number of hydrogen-bond acceptors (Lipinski definition) is 4. The minimum atomic E-state index is -0.638. The van der Waals surface area contributed by atoms with Crippen LogP contribution >= 0.6 is 31.9 Å². The molecule has 0 fully saturated rings. The Balaban J connectivity index is 2.46. The normalized spacial score (nSPS) is 10.8. The number of amides is 2. The summed E-state index contributed by atoms with van der Waals surface area (Å²) >= 11 is 6.44. The third-order valence-electron chi connectivity index (χ3n) is 1.88. The van der Waals surface area contributed by atoms with E-state index in [1.807, 2.05) is 0 Å². The molecule has 1 heterocycles. The highest BCUT2D eigenvalue weighted by Crippen LogP contribution is 2.22. The topological polar surface area (TPSA) is 80.3 Å². The van der Waals surface area contributed by atoms with Gasteiger partial charge >= 0.3 is 6.09 Å². The summed E-state index contributed by atoms with van der Waals surface area (Å²) in [5.74, 6) is -0.374. The fourth-order valence-electron chi connectivity index (χ4n) is 1.17. The van der Waals surface area contributed by atoms with Crippen molar-refractivity contribution in [2.45, 2.75) is 26.4 Å². The Labute approximate surface area is 133 Å². The molecule has 6 nitrogen and oxygen atoms in total. The molecule has 20 heavy (non-hydrogen) atoms. The van der Waals surface area contributed by atoms with Gasteiger partial charge in [0, 0.05) is 0 Å². The number of ether oxygens (including phenoxy) is 1. The fourth-order valence-corrected chi connectivity index (χ4v) is 2.14. The lowest BCUT2D eigenvalue weighted by atomic mass is 10.2. The summed E-state index contributed by atoms with van der Waals surface area (Å²) in [6.45, 7) is 5.06. The van der Waals surface area contributed by atoms with Crippen molar-refractivity contribution in [3.63, 3.8) is 0 Å². The van der Waals surface area contributed by atoms with E-state index in [1.54, 1.807) is 32.9 Å². The Kier molecular flexibility index (Phi) is 5.94. The van der Waals surface area contributed by atoms with Crippen molar-refractivity contribution < 1.29 is 14.3 Å². The lowest BCUT2D eigenvalue weighted by molar-refractivity contribution is -0.115. The summed E-state index contributed by atoms with van der Waals surface area (Å²) in [7, 11) is 0. The smallest absolute Gasteiger partial charge is 0.408 e. The van der Waals surface area contributed by atoms with Gasteiger partial charge in [0.15, 0.2) is 0 Å². The number of anilines is 1. The van der Waals surface area contributed by atoms with Crippen LogP contribution < -0.4 is 10.6 Å². The number of nitrogens with zero attached hydrogens (tertiary/aromatic N) is 1. The van der Waals surface area contributed by atoms with Crippen molar-refractivity contribution >= 4 is 49.5 Å². The molecule has 8 heteroatoms. The summed E-state index contributed by atoms with van der Waals surface area (Å²) < 4.78 is 6.17. The van der Waals surface area contributed by atoms with Crippen LogP contribution in [-0.2, 0) is 9.53 Å². The van der Waals surface area contributed by atoms with E-state index < -0.39 is 11.7 Å². The predicted molar refractivity (Wildman–Crippen MR) is 82.5 cm³/mol. The van der Waals surface area contributed by atoms with Crippen molar-refractivity contribution in [2.24, 2.45) is 0 Å². The highest BCUT2D eigenvalue weighted by atomic mass is 79.9. The summed E-state index contributed by atoms with van der Waals surface area (Å²) in [5, 5.41) is 4.99. The molecule has 1 aromatic heterocycles. The van der Waals surface area contributed by atoms with Crippen LogP contribution in [0.2, 0.25) is 0 Å². The van der Waals surface area contributed by atoms with Gasteiger partial charge in [-0.2, -0.15) is 0 Å². The fraction of sp³-hybridized carbons (Fsp3) is 0.417. The van der Waals surface area contributed by atoms with Crippen molar-refractivity contribution in [3.8, 4) is 0 Å². The number of carbonyl (C=O) groups excluding carboxylic acids is 2. The van der Waals surface area contributed by atoms with Crippen molar-refractivity contribution in [2.75, 3.05) is 11.9 Å². The van der Waals surface area contributed by atoms with E-state index in [-0.39, 0.29) is 12.5 Å². The minimum absolute atomic E-state index is 0.183. The molecule has 1 aromatic rings. The molecule has 0 saturated heterocycles. The average Bonchev–Trinajstić information content (AvgIpc) is 2.28. The Morgan fingerprint density at radius 1 is 1.30 bits per heavy atom. The van der Waals surface area contributed by atoms with E-state index in [2.05, 4.69) is 47.5 Å². The molecule has 0 bridgehead atoms. The standard InChI is InChI=1S/C12H15Br2N3O3/c1-12(2,3)20-11(19)15-6-9(18)16-7-4-5-8(13)17-10(7)14/h4-5H,6H2,1-3H3,(H,15,19)(H,16,18). The van der Waals surface area contributed by atoms with Gasteiger partial charge < -0.3 is 15.4 Å². The van der Waals surface area contributed by atoms with Crippen LogP contribution in [0.4, 0.5) is 10.5 Å². The van der Waals surface area contributed by atoms with E-state index >= 15 is 0 Å². The van der Waals surface area contributed by atoms with Gasteiger partial charge in [0.05, 0.1) is 5.69 Å². The zero-order valence-corrected chi connectivity index (χ0v) is 14.5. The molecule has 0 radical (unpaired) electrons. The van der Waals surface area contributed by atoms with Crippen LogP contribution in [-0.4, -0.2) is 29.1 Å². The molecular formula is C12H15Br2N3O3. The lowest BCUT2D eigenvalue weighted by Gasteiger charge is -2.19. The van der Waals surface area contributed by atoms with Gasteiger partial charge in [-0.1, -0.05) is 0 Å². The van der Waals surface area contributed by atoms with Crippen LogP contribution in [0.5, 0.6) is 0 Å². The first-order valence-electron chi connectivity index (χ1n) is 5.76. The lowest BCUT2D eigenvalue weighted by Crippen LogP contribution is -2.37. The van der Waals surface area contributed by atoms with E-state index in [0.29, 0.717) is 14.9 Å². The van der Waals surface area contributed by atoms with Crippen molar-refractivity contribution in [1.29, 1.82) is 0 Å². The summed E-state index contributed by atoms with van der Waals surface area (Å²) in [5.41, 5.74) is -0.0802. The Morgan fingerprint density at radius 2 is 1.95 bits per heavy atom. The number of carbonyl (C=O) groups is 2. The van der Waals surface area contributed by atoms with E-state index in [1.165, 1.54) is 0 Å². The molecule has 0 aliphatic carbocycles. The SMILES string of the molecule is CC(C)(C)OC(=O)NCC(=O)Nc1ccc(Br)nc1Br. The number of halogens is 2. The minimum Gasteiger partial charge on any atom is -0.444 e. The van der Waals surface area contributed by atoms with E-state index in [9.17, 15) is 9.59 Å². The summed E-state index contributed by atoms with van der Waals surface area (Å²) in [4.78, 5) is 27.1. The van der Waals surface area contributed by atoms with Crippen LogP contribution in [0.3, 0.4) is 0 Å². The largest absolute Gasteiger partial charge is 0.444 e. The predicted octanol–water partition coefficient (Wildman–Crippen LogP) is 3.07. The Bertz CT molecular complexity index is 515. The molecule has 0 unspecified atom stereocenters. The Morgan fingerprint density at radius 3 is 2.50 bits per heavy atom. The van der Waals surface area contributed by atoms with Crippen LogP contribution in [0.1, 0.15) is 20.8 Å². The molecule has 2 amide bonds. The number of aromatic nitrogens is 1. The van der Waals surface area contributed by atoms with Gasteiger partial charge in [-0.05, 0) is 64.8 Å². The zero-order chi connectivity index (χ0) is 15.3. The molecule has 0 saturated carbocycles. The van der Waals surface area contributed by atoms with Crippen LogP contribution in [0.15, 0.2) is 21.3 Å². The van der Waals surface area contributed by atoms with Gasteiger partial charge in [0.25, 0.3) is 0 Å². The average molecular weight is 409 g/mol. The molecule has 0 aliphatic heterocycles. The molecule has 0 spiro atoms. The maximum atomic E-state index is 11.7. The molecule has 0 aliphatic rings. The van der Waals surface area contributed by atoms with Gasteiger partial charge in [0.2, 0.25) is 5.91 Å². The monoisotopic (exact) mass is 407 g/mol. The highest BCUT2D eigenvalue weighted by Gasteiger charge is 2.16. The van der Waals surface area contributed by atoms with Gasteiger partial charge in [-0.3, -0.25) is 4.79 Å². The second-order valence-corrected chi connectivity index (χ2v) is 6.44. The van der Waals surface area contributed by atoms with Crippen LogP contribution in [0.25, 0.3) is 0 Å². The first-order valence-corrected chi connectivity index (χ1v) is 7.35. The molecule has 0 aromatic carbocycles. The zero-order valence-electron chi connectivity index (χ0n) is 11.3. The van der Waals surface area contributed by atoms with E-state index in [4.69, 9.17) is 4.74 Å². The maximum Gasteiger partial charge on any atom is 0.408 e. The number of pyridine rings is 1. The van der Waals surface area contributed by atoms with Gasteiger partial charge in [-0.25, -0.2) is 9.78 Å². The number of rotatable bonds is 3. The number of hydrogen-bond donors (Lipinski definition) is 2. The van der Waals surface area contributed by atoms with Crippen molar-refractivity contribution in [3.05, 3.63) is 21.3 Å². The first-order chi connectivity index (χ1) is 9.17.